The van der Waals surface area contributed by atoms with Crippen molar-refractivity contribution in [2.24, 2.45) is 0 Å². The number of carbonyl (C=O) groups is 2. The second-order valence-corrected chi connectivity index (χ2v) is 6.37. The van der Waals surface area contributed by atoms with Crippen LogP contribution in [0.4, 0.5) is 10.5 Å². The topological polar surface area (TPSA) is 61.4 Å². The Morgan fingerprint density at radius 2 is 1.80 bits per heavy atom. The number of nitrogens with one attached hydrogen (secondary N) is 2. The van der Waals surface area contributed by atoms with Gasteiger partial charge in [0.15, 0.2) is 0 Å². The molecule has 2 N–H and O–H groups in total. The molecule has 0 saturated carbocycles. The lowest BCUT2D eigenvalue weighted by Crippen LogP contribution is -2.47. The summed E-state index contributed by atoms with van der Waals surface area (Å²) in [6.07, 6.45) is 1.45. The van der Waals surface area contributed by atoms with Gasteiger partial charge in [-0.1, -0.05) is 54.1 Å². The number of hydrogen-bond acceptors (Lipinski definition) is 2. The number of amides is 3. The Bertz CT molecular complexity index is 751. The zero-order chi connectivity index (χ0) is 17.6. The Balaban J connectivity index is 1.60. The lowest BCUT2D eigenvalue weighted by molar-refractivity contribution is -0.119. The molecular weight excluding hydrogens is 338 g/mol. The van der Waals surface area contributed by atoms with E-state index in [1.807, 2.05) is 30.3 Å². The molecule has 1 saturated heterocycles. The molecule has 1 fully saturated rings. The van der Waals surface area contributed by atoms with E-state index in [0.717, 1.165) is 12.0 Å². The number of anilines is 1. The normalized spacial score (nSPS) is 16.5. The van der Waals surface area contributed by atoms with Crippen LogP contribution in [0.1, 0.15) is 18.4 Å². The van der Waals surface area contributed by atoms with Crippen molar-refractivity contribution in [2.75, 3.05) is 11.9 Å². The summed E-state index contributed by atoms with van der Waals surface area (Å²) in [4.78, 5) is 26.6. The van der Waals surface area contributed by atoms with Gasteiger partial charge in [0.2, 0.25) is 5.91 Å². The van der Waals surface area contributed by atoms with Gasteiger partial charge in [-0.15, -0.1) is 0 Å². The first-order chi connectivity index (χ1) is 12.1. The van der Waals surface area contributed by atoms with Crippen molar-refractivity contribution < 1.29 is 9.59 Å². The number of halogens is 1. The minimum Gasteiger partial charge on any atom is -0.334 e. The highest BCUT2D eigenvalue weighted by molar-refractivity contribution is 6.33. The molecule has 2 aromatic carbocycles. The second kappa shape index (κ2) is 8.03. The maximum atomic E-state index is 12.6. The molecule has 0 aromatic heterocycles. The Labute approximate surface area is 152 Å². The number of urea groups is 1. The number of para-hydroxylation sites is 1. The van der Waals surface area contributed by atoms with Gasteiger partial charge in [0, 0.05) is 13.1 Å². The van der Waals surface area contributed by atoms with Crippen molar-refractivity contribution >= 4 is 29.2 Å². The molecule has 0 aliphatic carbocycles. The van der Waals surface area contributed by atoms with Gasteiger partial charge in [0.25, 0.3) is 0 Å². The van der Waals surface area contributed by atoms with E-state index in [-0.39, 0.29) is 11.9 Å². The average molecular weight is 358 g/mol. The molecule has 130 valence electrons. The SMILES string of the molecule is O=C(Nc1ccccc1Cl)C1CCCN1C(=O)NCc1ccccc1. The fraction of sp³-hybridized carbons (Fsp3) is 0.263. The van der Waals surface area contributed by atoms with E-state index in [2.05, 4.69) is 10.6 Å². The number of likely N-dealkylation sites (tertiary alicyclic amines) is 1. The summed E-state index contributed by atoms with van der Waals surface area (Å²) in [5.41, 5.74) is 1.58. The van der Waals surface area contributed by atoms with E-state index in [1.165, 1.54) is 0 Å². The molecule has 0 bridgehead atoms. The minimum absolute atomic E-state index is 0.208. The molecule has 3 rings (SSSR count). The maximum absolute atomic E-state index is 12.6. The van der Waals surface area contributed by atoms with Crippen LogP contribution in [0, 0.1) is 0 Å². The summed E-state index contributed by atoms with van der Waals surface area (Å²) in [7, 11) is 0. The van der Waals surface area contributed by atoms with Crippen LogP contribution in [0.3, 0.4) is 0 Å². The third kappa shape index (κ3) is 4.31. The summed E-state index contributed by atoms with van der Waals surface area (Å²) in [5.74, 6) is -0.208. The zero-order valence-corrected chi connectivity index (χ0v) is 14.5. The molecule has 1 unspecified atom stereocenters. The molecule has 5 nitrogen and oxygen atoms in total. The third-order valence-electron chi connectivity index (χ3n) is 4.23. The van der Waals surface area contributed by atoms with Gasteiger partial charge >= 0.3 is 6.03 Å². The van der Waals surface area contributed by atoms with E-state index >= 15 is 0 Å². The van der Waals surface area contributed by atoms with Gasteiger partial charge in [0.1, 0.15) is 6.04 Å². The molecule has 0 radical (unpaired) electrons. The first-order valence-electron chi connectivity index (χ1n) is 8.29. The number of carbonyl (C=O) groups excluding carboxylic acids is 2. The lowest BCUT2D eigenvalue weighted by Gasteiger charge is -2.24. The van der Waals surface area contributed by atoms with Gasteiger partial charge in [-0.3, -0.25) is 4.79 Å². The molecule has 3 amide bonds. The average Bonchev–Trinajstić information content (AvgIpc) is 3.12. The highest BCUT2D eigenvalue weighted by atomic mass is 35.5. The lowest BCUT2D eigenvalue weighted by atomic mass is 10.2. The van der Waals surface area contributed by atoms with Crippen LogP contribution >= 0.6 is 11.6 Å². The predicted octanol–water partition coefficient (Wildman–Crippen LogP) is 3.65. The van der Waals surface area contributed by atoms with Gasteiger partial charge in [-0.05, 0) is 30.5 Å². The summed E-state index contributed by atoms with van der Waals surface area (Å²) in [5, 5.41) is 6.18. The monoisotopic (exact) mass is 357 g/mol. The van der Waals surface area contributed by atoms with Gasteiger partial charge < -0.3 is 15.5 Å². The Morgan fingerprint density at radius 1 is 1.08 bits per heavy atom. The van der Waals surface area contributed by atoms with Crippen molar-refractivity contribution in [2.45, 2.75) is 25.4 Å². The van der Waals surface area contributed by atoms with E-state index in [9.17, 15) is 9.59 Å². The standard InChI is InChI=1S/C19H20ClN3O2/c20-15-9-4-5-10-16(15)22-18(24)17-11-6-12-23(17)19(25)21-13-14-7-2-1-3-8-14/h1-5,7-10,17H,6,11-13H2,(H,21,25)(H,22,24). The van der Waals surface area contributed by atoms with E-state index < -0.39 is 6.04 Å². The largest absolute Gasteiger partial charge is 0.334 e. The Hall–Kier alpha value is -2.53. The molecular formula is C19H20ClN3O2. The van der Waals surface area contributed by atoms with E-state index in [4.69, 9.17) is 11.6 Å². The highest BCUT2D eigenvalue weighted by Gasteiger charge is 2.34. The van der Waals surface area contributed by atoms with Crippen molar-refractivity contribution in [3.8, 4) is 0 Å². The Kier molecular flexibility index (Phi) is 5.56. The van der Waals surface area contributed by atoms with E-state index in [1.54, 1.807) is 29.2 Å². The van der Waals surface area contributed by atoms with Crippen molar-refractivity contribution in [3.05, 3.63) is 65.2 Å². The van der Waals surface area contributed by atoms with Crippen molar-refractivity contribution in [3.63, 3.8) is 0 Å². The predicted molar refractivity (Wildman–Crippen MR) is 98.5 cm³/mol. The van der Waals surface area contributed by atoms with Crippen LogP contribution in [0.5, 0.6) is 0 Å². The molecule has 1 heterocycles. The van der Waals surface area contributed by atoms with Crippen molar-refractivity contribution in [1.82, 2.24) is 10.2 Å². The summed E-state index contributed by atoms with van der Waals surface area (Å²) in [6.45, 7) is 1.01. The molecule has 0 spiro atoms. The fourth-order valence-electron chi connectivity index (χ4n) is 2.94. The van der Waals surface area contributed by atoms with Gasteiger partial charge in [-0.25, -0.2) is 4.79 Å². The number of nitrogens with zero attached hydrogens (tertiary/aromatic N) is 1. The van der Waals surface area contributed by atoms with Crippen LogP contribution in [0.25, 0.3) is 0 Å². The maximum Gasteiger partial charge on any atom is 0.318 e. The third-order valence-corrected chi connectivity index (χ3v) is 4.56. The van der Waals surface area contributed by atoms with Gasteiger partial charge in [-0.2, -0.15) is 0 Å². The molecule has 6 heteroatoms. The van der Waals surface area contributed by atoms with E-state index in [0.29, 0.717) is 30.2 Å². The molecule has 1 atom stereocenters. The Morgan fingerprint density at radius 3 is 2.56 bits per heavy atom. The number of rotatable bonds is 4. The zero-order valence-electron chi connectivity index (χ0n) is 13.7. The smallest absolute Gasteiger partial charge is 0.318 e. The first-order valence-corrected chi connectivity index (χ1v) is 8.67. The van der Waals surface area contributed by atoms with Crippen LogP contribution in [-0.4, -0.2) is 29.4 Å². The van der Waals surface area contributed by atoms with Crippen LogP contribution < -0.4 is 10.6 Å². The van der Waals surface area contributed by atoms with Gasteiger partial charge in [0.05, 0.1) is 10.7 Å². The van der Waals surface area contributed by atoms with Crippen molar-refractivity contribution in [1.29, 1.82) is 0 Å². The quantitative estimate of drug-likeness (QED) is 0.877. The van der Waals surface area contributed by atoms with Crippen LogP contribution in [0.2, 0.25) is 5.02 Å². The summed E-state index contributed by atoms with van der Waals surface area (Å²) in [6, 6.07) is 16.1. The summed E-state index contributed by atoms with van der Waals surface area (Å²) >= 11 is 6.08. The molecule has 1 aliphatic heterocycles. The summed E-state index contributed by atoms with van der Waals surface area (Å²) < 4.78 is 0. The molecule has 25 heavy (non-hydrogen) atoms. The molecule has 1 aliphatic rings. The fourth-order valence-corrected chi connectivity index (χ4v) is 3.12. The van der Waals surface area contributed by atoms with Crippen LogP contribution in [0.15, 0.2) is 54.6 Å². The number of benzene rings is 2. The number of hydrogen-bond donors (Lipinski definition) is 2. The highest BCUT2D eigenvalue weighted by Crippen LogP contribution is 2.23. The van der Waals surface area contributed by atoms with Crippen LogP contribution in [-0.2, 0) is 11.3 Å². The minimum atomic E-state index is -0.480. The second-order valence-electron chi connectivity index (χ2n) is 5.96. The first kappa shape index (κ1) is 17.3. The molecule has 2 aromatic rings.